The van der Waals surface area contributed by atoms with Gasteiger partial charge in [0.25, 0.3) is 0 Å². The summed E-state index contributed by atoms with van der Waals surface area (Å²) in [6.07, 6.45) is 4.57. The molecule has 1 atom stereocenters. The van der Waals surface area contributed by atoms with Gasteiger partial charge in [0.05, 0.1) is 0 Å². The maximum absolute atomic E-state index is 14.3. The van der Waals surface area contributed by atoms with Gasteiger partial charge in [0.1, 0.15) is 5.67 Å². The highest BCUT2D eigenvalue weighted by Crippen LogP contribution is 2.32. The van der Waals surface area contributed by atoms with E-state index >= 15 is 0 Å². The predicted molar refractivity (Wildman–Crippen MR) is 54.1 cm³/mol. The number of nitrogens with one attached hydrogen (secondary N) is 1. The Bertz CT molecular complexity index is 174. The van der Waals surface area contributed by atoms with Crippen LogP contribution in [0.25, 0.3) is 0 Å². The van der Waals surface area contributed by atoms with Crippen LogP contribution in [0.15, 0.2) is 0 Å². The number of hydrogen-bond acceptors (Lipinski definition) is 2. The molecular formula is C11H20FNO. The minimum Gasteiger partial charge on any atom is -0.381 e. The fraction of sp³-hybridized carbons (Fsp3) is 1.00. The number of hydrogen-bond donors (Lipinski definition) is 1. The van der Waals surface area contributed by atoms with Crippen molar-refractivity contribution < 1.29 is 9.13 Å². The van der Waals surface area contributed by atoms with E-state index in [2.05, 4.69) is 5.32 Å². The molecule has 0 spiro atoms. The van der Waals surface area contributed by atoms with Crippen molar-refractivity contribution in [3.8, 4) is 0 Å². The van der Waals surface area contributed by atoms with Crippen LogP contribution >= 0.6 is 0 Å². The molecule has 14 heavy (non-hydrogen) atoms. The van der Waals surface area contributed by atoms with Crippen molar-refractivity contribution >= 4 is 0 Å². The van der Waals surface area contributed by atoms with Gasteiger partial charge in [0.2, 0.25) is 0 Å². The standard InChI is InChI=1S/C11H20FNO/c12-11(4-1-5-13-9-11)8-10-2-6-14-7-3-10/h10,13H,1-9H2. The fourth-order valence-electron chi connectivity index (χ4n) is 2.57. The summed E-state index contributed by atoms with van der Waals surface area (Å²) in [5, 5.41) is 3.16. The van der Waals surface area contributed by atoms with Gasteiger partial charge < -0.3 is 10.1 Å². The summed E-state index contributed by atoms with van der Waals surface area (Å²) < 4.78 is 19.5. The third-order valence-corrected chi connectivity index (χ3v) is 3.42. The second kappa shape index (κ2) is 4.58. The number of rotatable bonds is 2. The Labute approximate surface area is 85.2 Å². The summed E-state index contributed by atoms with van der Waals surface area (Å²) in [6, 6.07) is 0. The Hall–Kier alpha value is -0.150. The largest absolute Gasteiger partial charge is 0.381 e. The molecule has 0 saturated carbocycles. The summed E-state index contributed by atoms with van der Waals surface area (Å²) in [4.78, 5) is 0. The third-order valence-electron chi connectivity index (χ3n) is 3.42. The Balaban J connectivity index is 1.81. The molecule has 0 bridgehead atoms. The Morgan fingerprint density at radius 1 is 1.36 bits per heavy atom. The van der Waals surface area contributed by atoms with Crippen molar-refractivity contribution in [3.05, 3.63) is 0 Å². The van der Waals surface area contributed by atoms with Crippen molar-refractivity contribution in [2.24, 2.45) is 5.92 Å². The summed E-state index contributed by atoms with van der Waals surface area (Å²) in [7, 11) is 0. The lowest BCUT2D eigenvalue weighted by atomic mass is 9.83. The SMILES string of the molecule is FC1(CC2CCOCC2)CCCNC1. The van der Waals surface area contributed by atoms with E-state index in [-0.39, 0.29) is 0 Å². The summed E-state index contributed by atoms with van der Waals surface area (Å²) >= 11 is 0. The maximum Gasteiger partial charge on any atom is 0.123 e. The monoisotopic (exact) mass is 201 g/mol. The number of halogens is 1. The van der Waals surface area contributed by atoms with E-state index in [0.717, 1.165) is 51.9 Å². The number of piperidine rings is 1. The van der Waals surface area contributed by atoms with Crippen molar-refractivity contribution in [2.45, 2.75) is 37.8 Å². The average Bonchev–Trinajstić information content (AvgIpc) is 2.19. The molecule has 82 valence electrons. The van der Waals surface area contributed by atoms with Gasteiger partial charge in [0.15, 0.2) is 0 Å². The van der Waals surface area contributed by atoms with Crippen LogP contribution in [-0.4, -0.2) is 32.0 Å². The van der Waals surface area contributed by atoms with Gasteiger partial charge in [-0.3, -0.25) is 0 Å². The van der Waals surface area contributed by atoms with E-state index in [1.165, 1.54) is 0 Å². The molecule has 2 heterocycles. The van der Waals surface area contributed by atoms with Crippen molar-refractivity contribution in [1.29, 1.82) is 0 Å². The zero-order chi connectivity index (χ0) is 9.86. The van der Waals surface area contributed by atoms with Gasteiger partial charge in [-0.2, -0.15) is 0 Å². The van der Waals surface area contributed by atoms with Crippen LogP contribution in [0.3, 0.4) is 0 Å². The molecule has 3 heteroatoms. The Kier molecular flexibility index (Phi) is 3.39. The second-order valence-corrected chi connectivity index (χ2v) is 4.69. The minimum atomic E-state index is -0.930. The number of alkyl halides is 1. The molecule has 0 radical (unpaired) electrons. The average molecular weight is 201 g/mol. The molecule has 0 amide bonds. The fourth-order valence-corrected chi connectivity index (χ4v) is 2.57. The van der Waals surface area contributed by atoms with Crippen LogP contribution in [0.2, 0.25) is 0 Å². The van der Waals surface area contributed by atoms with Gasteiger partial charge >= 0.3 is 0 Å². The van der Waals surface area contributed by atoms with E-state index in [4.69, 9.17) is 4.74 Å². The van der Waals surface area contributed by atoms with E-state index in [1.807, 2.05) is 0 Å². The van der Waals surface area contributed by atoms with Gasteiger partial charge in [-0.1, -0.05) is 0 Å². The lowest BCUT2D eigenvalue weighted by Crippen LogP contribution is -2.44. The van der Waals surface area contributed by atoms with Crippen molar-refractivity contribution in [2.75, 3.05) is 26.3 Å². The third kappa shape index (κ3) is 2.67. The van der Waals surface area contributed by atoms with Crippen LogP contribution in [-0.2, 0) is 4.74 Å². The summed E-state index contributed by atoms with van der Waals surface area (Å²) in [6.45, 7) is 3.20. The molecule has 2 rings (SSSR count). The first kappa shape index (κ1) is 10.4. The van der Waals surface area contributed by atoms with E-state index in [1.54, 1.807) is 0 Å². The molecule has 2 aliphatic rings. The summed E-state index contributed by atoms with van der Waals surface area (Å²) in [5.41, 5.74) is -0.930. The number of ether oxygens (including phenoxy) is 1. The van der Waals surface area contributed by atoms with Gasteiger partial charge in [-0.25, -0.2) is 4.39 Å². The topological polar surface area (TPSA) is 21.3 Å². The van der Waals surface area contributed by atoms with Crippen molar-refractivity contribution in [3.63, 3.8) is 0 Å². The summed E-state index contributed by atoms with van der Waals surface area (Å²) in [5.74, 6) is 0.550. The van der Waals surface area contributed by atoms with E-state index in [9.17, 15) is 4.39 Å². The smallest absolute Gasteiger partial charge is 0.123 e. The van der Waals surface area contributed by atoms with Crippen LogP contribution in [0.1, 0.15) is 32.1 Å². The predicted octanol–water partition coefficient (Wildman–Crippen LogP) is 1.89. The normalized spacial score (nSPS) is 35.8. The lowest BCUT2D eigenvalue weighted by Gasteiger charge is -2.34. The maximum atomic E-state index is 14.3. The van der Waals surface area contributed by atoms with Gasteiger partial charge in [-0.05, 0) is 44.6 Å². The molecule has 1 N–H and O–H groups in total. The second-order valence-electron chi connectivity index (χ2n) is 4.69. The van der Waals surface area contributed by atoms with Crippen molar-refractivity contribution in [1.82, 2.24) is 5.32 Å². The highest BCUT2D eigenvalue weighted by Gasteiger charge is 2.34. The molecule has 0 aromatic heterocycles. The molecule has 2 fully saturated rings. The lowest BCUT2D eigenvalue weighted by molar-refractivity contribution is 0.0264. The first-order valence-corrected chi connectivity index (χ1v) is 5.76. The molecule has 0 aliphatic carbocycles. The van der Waals surface area contributed by atoms with Crippen LogP contribution in [0.4, 0.5) is 4.39 Å². The molecular weight excluding hydrogens is 181 g/mol. The Morgan fingerprint density at radius 2 is 2.14 bits per heavy atom. The zero-order valence-corrected chi connectivity index (χ0v) is 8.73. The Morgan fingerprint density at radius 3 is 2.79 bits per heavy atom. The van der Waals surface area contributed by atoms with Crippen LogP contribution in [0.5, 0.6) is 0 Å². The van der Waals surface area contributed by atoms with Crippen LogP contribution in [0, 0.1) is 5.92 Å². The molecule has 1 unspecified atom stereocenters. The minimum absolute atomic E-state index is 0.550. The van der Waals surface area contributed by atoms with Crippen LogP contribution < -0.4 is 5.32 Å². The molecule has 2 aliphatic heterocycles. The van der Waals surface area contributed by atoms with E-state index < -0.39 is 5.67 Å². The van der Waals surface area contributed by atoms with Gasteiger partial charge in [0, 0.05) is 19.8 Å². The zero-order valence-electron chi connectivity index (χ0n) is 8.73. The molecule has 2 nitrogen and oxygen atoms in total. The molecule has 0 aromatic carbocycles. The van der Waals surface area contributed by atoms with E-state index in [0.29, 0.717) is 12.5 Å². The highest BCUT2D eigenvalue weighted by atomic mass is 19.1. The quantitative estimate of drug-likeness (QED) is 0.736. The molecule has 0 aromatic rings. The first-order valence-electron chi connectivity index (χ1n) is 5.76. The first-order chi connectivity index (χ1) is 6.79. The van der Waals surface area contributed by atoms with Gasteiger partial charge in [-0.15, -0.1) is 0 Å². The molecule has 2 saturated heterocycles. The highest BCUT2D eigenvalue weighted by molar-refractivity contribution is 4.88.